The van der Waals surface area contributed by atoms with Crippen LogP contribution in [0.15, 0.2) is 48.6 Å². The minimum absolute atomic E-state index is 0.366. The number of halogens is 3. The molecular weight excluding hydrogens is 201 g/mol. The van der Waals surface area contributed by atoms with E-state index in [1.165, 1.54) is 0 Å². The molecule has 0 aliphatic rings. The van der Waals surface area contributed by atoms with Gasteiger partial charge in [0.1, 0.15) is 0 Å². The van der Waals surface area contributed by atoms with E-state index >= 15 is 0 Å². The second kappa shape index (κ2) is 4.34. The van der Waals surface area contributed by atoms with Crippen molar-refractivity contribution in [3.8, 4) is 0 Å². The highest BCUT2D eigenvalue weighted by Gasteiger charge is 2.29. The van der Waals surface area contributed by atoms with E-state index in [2.05, 4.69) is 6.58 Å². The van der Waals surface area contributed by atoms with Crippen molar-refractivity contribution in [2.24, 2.45) is 0 Å². The summed E-state index contributed by atoms with van der Waals surface area (Å²) in [5.41, 5.74) is 0.419. The minimum Gasteiger partial charge on any atom is -0.166 e. The zero-order valence-corrected chi connectivity index (χ0v) is 8.31. The molecule has 0 aliphatic carbocycles. The summed E-state index contributed by atoms with van der Waals surface area (Å²) in [6.07, 6.45) is -3.23. The van der Waals surface area contributed by atoms with Gasteiger partial charge in [-0.3, -0.25) is 0 Å². The smallest absolute Gasteiger partial charge is 0.166 e. The van der Waals surface area contributed by atoms with Crippen LogP contribution in [-0.2, 0) is 0 Å². The predicted molar refractivity (Wildman–Crippen MR) is 55.3 cm³/mol. The molecule has 0 unspecified atom stereocenters. The molecule has 0 spiro atoms. The Kier molecular flexibility index (Phi) is 3.35. The summed E-state index contributed by atoms with van der Waals surface area (Å²) in [6.45, 7) is 4.64. The van der Waals surface area contributed by atoms with Crippen LogP contribution >= 0.6 is 0 Å². The number of benzene rings is 1. The Labute approximate surface area is 86.7 Å². The van der Waals surface area contributed by atoms with Gasteiger partial charge in [0, 0.05) is 5.57 Å². The van der Waals surface area contributed by atoms with Crippen LogP contribution in [0.5, 0.6) is 0 Å². The van der Waals surface area contributed by atoms with E-state index in [-0.39, 0.29) is 0 Å². The zero-order valence-electron chi connectivity index (χ0n) is 8.31. The topological polar surface area (TPSA) is 0 Å². The van der Waals surface area contributed by atoms with Crippen molar-refractivity contribution in [3.63, 3.8) is 0 Å². The standard InChI is InChI=1S/C12H11F3/c1-9(8-10(2)12(13,14)15)11-6-4-3-5-7-11/h3-8H,1H2,2H3. The maximum Gasteiger partial charge on any atom is 0.412 e. The highest BCUT2D eigenvalue weighted by atomic mass is 19.4. The molecule has 0 atom stereocenters. The quantitative estimate of drug-likeness (QED) is 0.644. The average molecular weight is 212 g/mol. The normalized spacial score (nSPS) is 12.7. The fraction of sp³-hybridized carbons (Fsp3) is 0.167. The Morgan fingerprint density at radius 3 is 2.20 bits per heavy atom. The van der Waals surface area contributed by atoms with Gasteiger partial charge in [0.2, 0.25) is 0 Å². The lowest BCUT2D eigenvalue weighted by Gasteiger charge is -2.07. The molecule has 0 bridgehead atoms. The van der Waals surface area contributed by atoms with E-state index in [0.717, 1.165) is 13.0 Å². The summed E-state index contributed by atoms with van der Waals surface area (Å²) >= 11 is 0. The molecule has 0 N–H and O–H groups in total. The number of hydrogen-bond acceptors (Lipinski definition) is 0. The van der Waals surface area contributed by atoms with Crippen LogP contribution in [0.3, 0.4) is 0 Å². The van der Waals surface area contributed by atoms with Gasteiger partial charge in [-0.1, -0.05) is 36.9 Å². The van der Waals surface area contributed by atoms with Gasteiger partial charge in [-0.15, -0.1) is 0 Å². The van der Waals surface area contributed by atoms with Gasteiger partial charge >= 0.3 is 6.18 Å². The third-order valence-corrected chi connectivity index (χ3v) is 1.98. The Morgan fingerprint density at radius 1 is 1.20 bits per heavy atom. The van der Waals surface area contributed by atoms with Crippen molar-refractivity contribution in [2.75, 3.05) is 0 Å². The Hall–Kier alpha value is -1.51. The van der Waals surface area contributed by atoms with Crippen LogP contribution in [0.2, 0.25) is 0 Å². The first-order valence-electron chi connectivity index (χ1n) is 4.41. The molecule has 15 heavy (non-hydrogen) atoms. The van der Waals surface area contributed by atoms with Crippen LogP contribution in [0, 0.1) is 0 Å². The lowest BCUT2D eigenvalue weighted by molar-refractivity contribution is -0.0912. The van der Waals surface area contributed by atoms with Crippen LogP contribution < -0.4 is 0 Å². The van der Waals surface area contributed by atoms with Gasteiger partial charge in [0.05, 0.1) is 0 Å². The van der Waals surface area contributed by atoms with Gasteiger partial charge < -0.3 is 0 Å². The Bertz CT molecular complexity index is 372. The number of hydrogen-bond donors (Lipinski definition) is 0. The van der Waals surface area contributed by atoms with E-state index < -0.39 is 11.7 Å². The molecule has 0 aliphatic heterocycles. The maximum atomic E-state index is 12.2. The monoisotopic (exact) mass is 212 g/mol. The van der Waals surface area contributed by atoms with Gasteiger partial charge in [-0.25, -0.2) is 0 Å². The molecule has 80 valence electrons. The van der Waals surface area contributed by atoms with Crippen LogP contribution in [0.4, 0.5) is 13.2 Å². The molecule has 0 aromatic heterocycles. The number of rotatable bonds is 2. The van der Waals surface area contributed by atoms with Crippen LogP contribution in [0.1, 0.15) is 12.5 Å². The number of allylic oxidation sites excluding steroid dienone is 3. The van der Waals surface area contributed by atoms with Crippen LogP contribution in [0.25, 0.3) is 5.57 Å². The fourth-order valence-electron chi connectivity index (χ4n) is 1.08. The third-order valence-electron chi connectivity index (χ3n) is 1.98. The van der Waals surface area contributed by atoms with Crippen molar-refractivity contribution in [1.29, 1.82) is 0 Å². The summed E-state index contributed by atoms with van der Waals surface area (Å²) in [5, 5.41) is 0. The molecule has 0 saturated carbocycles. The molecule has 0 heterocycles. The van der Waals surface area contributed by atoms with Crippen molar-refractivity contribution in [1.82, 2.24) is 0 Å². The SMILES string of the molecule is C=C(C=C(C)C(F)(F)F)c1ccccc1. The molecule has 1 aromatic carbocycles. The van der Waals surface area contributed by atoms with Gasteiger partial charge in [-0.05, 0) is 24.1 Å². The zero-order chi connectivity index (χ0) is 11.5. The second-order valence-corrected chi connectivity index (χ2v) is 3.22. The summed E-state index contributed by atoms with van der Waals surface area (Å²) in [6, 6.07) is 8.77. The molecule has 1 rings (SSSR count). The molecule has 1 aromatic rings. The van der Waals surface area contributed by atoms with E-state index in [1.807, 2.05) is 0 Å². The summed E-state index contributed by atoms with van der Waals surface area (Å²) in [7, 11) is 0. The molecule has 0 fully saturated rings. The number of alkyl halides is 3. The molecular formula is C12H11F3. The van der Waals surface area contributed by atoms with Crippen molar-refractivity contribution in [3.05, 3.63) is 54.1 Å². The molecule has 3 heteroatoms. The van der Waals surface area contributed by atoms with Gasteiger partial charge in [0.15, 0.2) is 0 Å². The lowest BCUT2D eigenvalue weighted by Crippen LogP contribution is -2.08. The summed E-state index contributed by atoms with van der Waals surface area (Å²) < 4.78 is 36.6. The summed E-state index contributed by atoms with van der Waals surface area (Å²) in [5.74, 6) is 0. The van der Waals surface area contributed by atoms with E-state index in [9.17, 15) is 13.2 Å². The van der Waals surface area contributed by atoms with Crippen molar-refractivity contribution in [2.45, 2.75) is 13.1 Å². The first-order chi connectivity index (χ1) is 6.91. The molecule has 0 nitrogen and oxygen atoms in total. The minimum atomic E-state index is -4.28. The van der Waals surface area contributed by atoms with Crippen molar-refractivity contribution < 1.29 is 13.2 Å². The largest absolute Gasteiger partial charge is 0.412 e. The molecule has 0 radical (unpaired) electrons. The predicted octanol–water partition coefficient (Wildman–Crippen LogP) is 4.21. The lowest BCUT2D eigenvalue weighted by atomic mass is 10.1. The van der Waals surface area contributed by atoms with E-state index in [0.29, 0.717) is 11.1 Å². The molecule has 0 amide bonds. The molecule has 0 saturated heterocycles. The van der Waals surface area contributed by atoms with Gasteiger partial charge in [-0.2, -0.15) is 13.2 Å². The Morgan fingerprint density at radius 2 is 1.73 bits per heavy atom. The maximum absolute atomic E-state index is 12.2. The average Bonchev–Trinajstić information content (AvgIpc) is 2.17. The van der Waals surface area contributed by atoms with Crippen LogP contribution in [-0.4, -0.2) is 6.18 Å². The third kappa shape index (κ3) is 3.27. The van der Waals surface area contributed by atoms with E-state index in [1.54, 1.807) is 30.3 Å². The Balaban J connectivity index is 2.90. The summed E-state index contributed by atoms with van der Waals surface area (Å²) in [4.78, 5) is 0. The first-order valence-corrected chi connectivity index (χ1v) is 4.41. The van der Waals surface area contributed by atoms with Gasteiger partial charge in [0.25, 0.3) is 0 Å². The first kappa shape index (κ1) is 11.6. The van der Waals surface area contributed by atoms with E-state index in [4.69, 9.17) is 0 Å². The highest BCUT2D eigenvalue weighted by Crippen LogP contribution is 2.27. The fourth-order valence-corrected chi connectivity index (χ4v) is 1.08. The highest BCUT2D eigenvalue weighted by molar-refractivity contribution is 5.72. The second-order valence-electron chi connectivity index (χ2n) is 3.22. The van der Waals surface area contributed by atoms with Crippen molar-refractivity contribution >= 4 is 5.57 Å².